The molecule has 0 radical (unpaired) electrons. The summed E-state index contributed by atoms with van der Waals surface area (Å²) in [5.41, 5.74) is 9.83. The molecule has 4 nitrogen and oxygen atoms in total. The Labute approximate surface area is 160 Å². The van der Waals surface area contributed by atoms with Gasteiger partial charge in [-0.15, -0.1) is 0 Å². The van der Waals surface area contributed by atoms with E-state index >= 15 is 0 Å². The molecule has 1 aromatic heterocycles. The Kier molecular flexibility index (Phi) is 5.56. The first-order chi connectivity index (χ1) is 12.0. The van der Waals surface area contributed by atoms with Crippen molar-refractivity contribution in [3.8, 4) is 11.3 Å². The van der Waals surface area contributed by atoms with Crippen LogP contribution < -0.4 is 11.1 Å². The fourth-order valence-electron chi connectivity index (χ4n) is 2.57. The number of nitrogens with one attached hydrogen (secondary N) is 1. The van der Waals surface area contributed by atoms with Crippen molar-refractivity contribution in [2.75, 3.05) is 17.6 Å². The molecule has 0 bridgehead atoms. The van der Waals surface area contributed by atoms with Crippen molar-refractivity contribution < 1.29 is 0 Å². The quantitative estimate of drug-likeness (QED) is 0.606. The van der Waals surface area contributed by atoms with Crippen LogP contribution in [-0.2, 0) is 6.42 Å². The van der Waals surface area contributed by atoms with Gasteiger partial charge in [-0.2, -0.15) is 4.98 Å². The smallest absolute Gasteiger partial charge is 0.222 e. The van der Waals surface area contributed by atoms with Crippen LogP contribution in [0.1, 0.15) is 11.1 Å². The summed E-state index contributed by atoms with van der Waals surface area (Å²) in [4.78, 5) is 8.62. The largest absolute Gasteiger partial charge is 0.370 e. The van der Waals surface area contributed by atoms with E-state index in [0.29, 0.717) is 10.8 Å². The number of hydrogen-bond donors (Lipinski definition) is 2. The first-order valence-electron chi connectivity index (χ1n) is 7.91. The molecule has 0 fully saturated rings. The molecule has 0 amide bonds. The van der Waals surface area contributed by atoms with Gasteiger partial charge in [-0.25, -0.2) is 4.98 Å². The lowest BCUT2D eigenvalue weighted by molar-refractivity contribution is 1.00. The van der Waals surface area contributed by atoms with E-state index in [2.05, 4.69) is 43.3 Å². The minimum Gasteiger partial charge on any atom is -0.370 e. The Hall–Kier alpha value is -2.11. The van der Waals surface area contributed by atoms with Gasteiger partial charge < -0.3 is 11.1 Å². The Morgan fingerprint density at radius 3 is 2.64 bits per heavy atom. The van der Waals surface area contributed by atoms with Gasteiger partial charge in [0.1, 0.15) is 5.82 Å². The average Bonchev–Trinajstić information content (AvgIpc) is 2.59. The summed E-state index contributed by atoms with van der Waals surface area (Å²) in [6, 6.07) is 15.9. The zero-order valence-corrected chi connectivity index (χ0v) is 16.1. The number of aromatic nitrogens is 2. The van der Waals surface area contributed by atoms with Gasteiger partial charge in [-0.1, -0.05) is 51.8 Å². The molecule has 25 heavy (non-hydrogen) atoms. The van der Waals surface area contributed by atoms with Crippen LogP contribution in [0.5, 0.6) is 0 Å². The zero-order valence-electron chi connectivity index (χ0n) is 13.8. The van der Waals surface area contributed by atoms with Crippen molar-refractivity contribution in [2.24, 2.45) is 0 Å². The first-order valence-corrected chi connectivity index (χ1v) is 9.08. The van der Waals surface area contributed by atoms with Gasteiger partial charge in [-0.05, 0) is 42.7 Å². The first kappa shape index (κ1) is 17.7. The predicted octanol–water partition coefficient (Wildman–Crippen LogP) is 5.10. The zero-order chi connectivity index (χ0) is 17.8. The number of nitrogens with two attached hydrogens (primary N) is 1. The molecule has 0 aliphatic carbocycles. The highest BCUT2D eigenvalue weighted by Crippen LogP contribution is 2.28. The van der Waals surface area contributed by atoms with Crippen LogP contribution >= 0.6 is 27.5 Å². The van der Waals surface area contributed by atoms with Crippen LogP contribution in [-0.4, -0.2) is 16.5 Å². The number of rotatable bonds is 5. The second-order valence-corrected chi connectivity index (χ2v) is 7.04. The summed E-state index contributed by atoms with van der Waals surface area (Å²) in [5, 5.41) is 4.02. The van der Waals surface area contributed by atoms with Crippen LogP contribution in [0.4, 0.5) is 11.8 Å². The summed E-state index contributed by atoms with van der Waals surface area (Å²) in [7, 11) is 0. The SMILES string of the molecule is Cc1c(Cl)cccc1-c1cc(NCCc2ccc(Br)cc2)nc(N)n1. The van der Waals surface area contributed by atoms with Crippen molar-refractivity contribution in [1.29, 1.82) is 0 Å². The van der Waals surface area contributed by atoms with Gasteiger partial charge >= 0.3 is 0 Å². The molecule has 0 aliphatic rings. The fourth-order valence-corrected chi connectivity index (χ4v) is 3.00. The van der Waals surface area contributed by atoms with Gasteiger partial charge in [0.2, 0.25) is 5.95 Å². The summed E-state index contributed by atoms with van der Waals surface area (Å²) < 4.78 is 1.08. The standard InChI is InChI=1S/C19H18BrClN4/c1-12-15(3-2-4-16(12)21)17-11-18(25-19(22)24-17)23-10-9-13-5-7-14(20)8-6-13/h2-8,11H,9-10H2,1H3,(H3,22,23,24,25). The van der Waals surface area contributed by atoms with Gasteiger partial charge in [0.15, 0.2) is 0 Å². The molecular formula is C19H18BrClN4. The molecule has 0 atom stereocenters. The molecule has 3 aromatic rings. The van der Waals surface area contributed by atoms with Gasteiger partial charge in [0.25, 0.3) is 0 Å². The molecule has 0 unspecified atom stereocenters. The summed E-state index contributed by atoms with van der Waals surface area (Å²) in [6.07, 6.45) is 0.892. The Morgan fingerprint density at radius 2 is 1.88 bits per heavy atom. The molecule has 6 heteroatoms. The molecule has 0 spiro atoms. The van der Waals surface area contributed by atoms with Gasteiger partial charge in [-0.3, -0.25) is 0 Å². The Morgan fingerprint density at radius 1 is 1.12 bits per heavy atom. The topological polar surface area (TPSA) is 63.8 Å². The molecule has 3 N–H and O–H groups in total. The van der Waals surface area contributed by atoms with Crippen molar-refractivity contribution in [1.82, 2.24) is 9.97 Å². The second kappa shape index (κ2) is 7.85. The van der Waals surface area contributed by atoms with E-state index in [4.69, 9.17) is 17.3 Å². The summed E-state index contributed by atoms with van der Waals surface area (Å²) >= 11 is 9.66. The average molecular weight is 418 g/mol. The number of benzene rings is 2. The number of anilines is 2. The maximum absolute atomic E-state index is 6.21. The lowest BCUT2D eigenvalue weighted by atomic mass is 10.1. The number of nitrogen functional groups attached to an aromatic ring is 1. The fraction of sp³-hybridized carbons (Fsp3) is 0.158. The van der Waals surface area contributed by atoms with Gasteiger partial charge in [0, 0.05) is 27.7 Å². The van der Waals surface area contributed by atoms with Crippen LogP contribution in [0.2, 0.25) is 5.02 Å². The Balaban J connectivity index is 1.75. The van der Waals surface area contributed by atoms with E-state index in [1.165, 1.54) is 5.56 Å². The van der Waals surface area contributed by atoms with E-state index < -0.39 is 0 Å². The second-order valence-electron chi connectivity index (χ2n) is 5.71. The van der Waals surface area contributed by atoms with Crippen LogP contribution in [0.25, 0.3) is 11.3 Å². The lowest BCUT2D eigenvalue weighted by Crippen LogP contribution is -2.08. The van der Waals surface area contributed by atoms with E-state index in [1.807, 2.05) is 43.3 Å². The van der Waals surface area contributed by atoms with E-state index in [-0.39, 0.29) is 5.95 Å². The number of hydrogen-bond acceptors (Lipinski definition) is 4. The lowest BCUT2D eigenvalue weighted by Gasteiger charge is -2.11. The maximum atomic E-state index is 6.21. The molecule has 0 saturated carbocycles. The molecule has 0 aliphatic heterocycles. The summed E-state index contributed by atoms with van der Waals surface area (Å²) in [5.74, 6) is 0.946. The molecule has 128 valence electrons. The van der Waals surface area contributed by atoms with E-state index in [1.54, 1.807) is 0 Å². The molecule has 3 rings (SSSR count). The van der Waals surface area contributed by atoms with Crippen molar-refractivity contribution in [3.05, 3.63) is 69.2 Å². The van der Waals surface area contributed by atoms with Crippen LogP contribution in [0.15, 0.2) is 53.0 Å². The van der Waals surface area contributed by atoms with E-state index in [0.717, 1.165) is 34.3 Å². The third kappa shape index (κ3) is 4.50. The highest BCUT2D eigenvalue weighted by molar-refractivity contribution is 9.10. The normalized spacial score (nSPS) is 10.7. The van der Waals surface area contributed by atoms with Crippen LogP contribution in [0, 0.1) is 6.92 Å². The molecule has 0 saturated heterocycles. The van der Waals surface area contributed by atoms with Crippen LogP contribution in [0.3, 0.4) is 0 Å². The van der Waals surface area contributed by atoms with Crippen molar-refractivity contribution >= 4 is 39.3 Å². The monoisotopic (exact) mass is 416 g/mol. The molecule has 2 aromatic carbocycles. The van der Waals surface area contributed by atoms with Crippen molar-refractivity contribution in [2.45, 2.75) is 13.3 Å². The van der Waals surface area contributed by atoms with E-state index in [9.17, 15) is 0 Å². The number of halogens is 2. The molecular weight excluding hydrogens is 400 g/mol. The summed E-state index contributed by atoms with van der Waals surface area (Å²) in [6.45, 7) is 2.72. The minimum atomic E-state index is 0.239. The third-order valence-corrected chi connectivity index (χ3v) is 4.86. The number of nitrogens with zero attached hydrogens (tertiary/aromatic N) is 2. The van der Waals surface area contributed by atoms with Crippen molar-refractivity contribution in [3.63, 3.8) is 0 Å². The van der Waals surface area contributed by atoms with Gasteiger partial charge in [0.05, 0.1) is 5.69 Å². The highest BCUT2D eigenvalue weighted by atomic mass is 79.9. The minimum absolute atomic E-state index is 0.239. The predicted molar refractivity (Wildman–Crippen MR) is 108 cm³/mol. The maximum Gasteiger partial charge on any atom is 0.222 e. The Bertz CT molecular complexity index is 881. The molecule has 1 heterocycles. The third-order valence-electron chi connectivity index (χ3n) is 3.92. The highest BCUT2D eigenvalue weighted by Gasteiger charge is 2.09.